The van der Waals surface area contributed by atoms with Gasteiger partial charge in [0.15, 0.2) is 5.82 Å². The monoisotopic (exact) mass is 402 g/mol. The number of hydrogen-bond acceptors (Lipinski definition) is 8. The molecule has 9 nitrogen and oxygen atoms in total. The molecule has 0 bridgehead atoms. The minimum Gasteiger partial charge on any atom is -0.338 e. The number of piperazine rings is 1. The Morgan fingerprint density at radius 3 is 2.46 bits per heavy atom. The average molecular weight is 403 g/mol. The number of halogens is 1. The summed E-state index contributed by atoms with van der Waals surface area (Å²) in [7, 11) is 0. The second-order valence-electron chi connectivity index (χ2n) is 6.89. The van der Waals surface area contributed by atoms with Crippen LogP contribution in [0.3, 0.4) is 0 Å². The molecule has 1 saturated heterocycles. The number of nitrogens with zero attached hydrogens (tertiary/aromatic N) is 8. The molecule has 1 fully saturated rings. The van der Waals surface area contributed by atoms with Gasteiger partial charge in [-0.1, -0.05) is 23.7 Å². The topological polar surface area (TPSA) is 89.0 Å². The predicted molar refractivity (Wildman–Crippen MR) is 103 cm³/mol. The lowest BCUT2D eigenvalue weighted by Gasteiger charge is -2.33. The summed E-state index contributed by atoms with van der Waals surface area (Å²) in [5.74, 6) is 2.15. The van der Waals surface area contributed by atoms with Gasteiger partial charge < -0.3 is 4.52 Å². The van der Waals surface area contributed by atoms with Crippen LogP contribution in [0.15, 0.2) is 28.8 Å². The lowest BCUT2D eigenvalue weighted by molar-refractivity contribution is 0.109. The summed E-state index contributed by atoms with van der Waals surface area (Å²) in [6, 6.07) is 7.43. The van der Waals surface area contributed by atoms with Crippen LogP contribution in [0.25, 0.3) is 11.4 Å². The Kier molecular flexibility index (Phi) is 5.94. The highest BCUT2D eigenvalue weighted by Crippen LogP contribution is 2.19. The fraction of sp³-hybridized carbons (Fsp3) is 0.500. The lowest BCUT2D eigenvalue weighted by Crippen LogP contribution is -2.45. The van der Waals surface area contributed by atoms with Crippen molar-refractivity contribution in [2.75, 3.05) is 26.2 Å². The van der Waals surface area contributed by atoms with Crippen LogP contribution in [-0.4, -0.2) is 66.3 Å². The maximum atomic E-state index is 5.93. The molecule has 2 aromatic heterocycles. The van der Waals surface area contributed by atoms with Crippen molar-refractivity contribution in [1.29, 1.82) is 0 Å². The fourth-order valence-electron chi connectivity index (χ4n) is 3.25. The number of aryl methyl sites for hydroxylation is 1. The first-order valence-electron chi connectivity index (χ1n) is 9.49. The van der Waals surface area contributed by atoms with Crippen LogP contribution < -0.4 is 0 Å². The number of rotatable bonds is 7. The van der Waals surface area contributed by atoms with Crippen LogP contribution in [0.5, 0.6) is 0 Å². The van der Waals surface area contributed by atoms with Crippen LogP contribution in [0.2, 0.25) is 5.02 Å². The quantitative estimate of drug-likeness (QED) is 0.593. The third-order valence-corrected chi connectivity index (χ3v) is 5.05. The summed E-state index contributed by atoms with van der Waals surface area (Å²) >= 11 is 5.93. The summed E-state index contributed by atoms with van der Waals surface area (Å²) in [5.41, 5.74) is 0.897. The van der Waals surface area contributed by atoms with E-state index in [0.29, 0.717) is 23.3 Å². The molecule has 3 heterocycles. The van der Waals surface area contributed by atoms with Crippen LogP contribution in [0.4, 0.5) is 0 Å². The zero-order chi connectivity index (χ0) is 19.3. The zero-order valence-corrected chi connectivity index (χ0v) is 16.6. The van der Waals surface area contributed by atoms with Gasteiger partial charge in [0.2, 0.25) is 11.7 Å². The van der Waals surface area contributed by atoms with Crippen LogP contribution >= 0.6 is 11.6 Å². The Morgan fingerprint density at radius 1 is 1.04 bits per heavy atom. The summed E-state index contributed by atoms with van der Waals surface area (Å²) < 4.78 is 7.32. The summed E-state index contributed by atoms with van der Waals surface area (Å²) in [4.78, 5) is 9.21. The van der Waals surface area contributed by atoms with Gasteiger partial charge in [0.05, 0.1) is 13.1 Å². The Balaban J connectivity index is 1.29. The number of aromatic nitrogens is 6. The van der Waals surface area contributed by atoms with Gasteiger partial charge in [-0.05, 0) is 41.1 Å². The van der Waals surface area contributed by atoms with Gasteiger partial charge in [0.1, 0.15) is 0 Å². The number of hydrogen-bond donors (Lipinski definition) is 0. The predicted octanol–water partition coefficient (Wildman–Crippen LogP) is 2.10. The molecule has 0 atom stereocenters. The summed E-state index contributed by atoms with van der Waals surface area (Å²) in [6.07, 6.45) is 1.02. The van der Waals surface area contributed by atoms with Gasteiger partial charge in [0.25, 0.3) is 0 Å². The summed E-state index contributed by atoms with van der Waals surface area (Å²) in [5, 5.41) is 16.8. The Labute approximate surface area is 168 Å². The molecule has 1 aromatic carbocycles. The first-order chi connectivity index (χ1) is 13.7. The van der Waals surface area contributed by atoms with E-state index in [0.717, 1.165) is 57.1 Å². The van der Waals surface area contributed by atoms with E-state index in [1.165, 1.54) is 0 Å². The third-order valence-electron chi connectivity index (χ3n) is 4.80. The Hall–Kier alpha value is -2.36. The molecule has 28 heavy (non-hydrogen) atoms. The van der Waals surface area contributed by atoms with E-state index >= 15 is 0 Å². The van der Waals surface area contributed by atoms with E-state index < -0.39 is 0 Å². The molecule has 0 radical (unpaired) electrons. The molecule has 0 N–H and O–H groups in total. The molecule has 1 aliphatic heterocycles. The van der Waals surface area contributed by atoms with Crippen molar-refractivity contribution in [2.24, 2.45) is 0 Å². The molecule has 0 unspecified atom stereocenters. The normalized spacial score (nSPS) is 15.9. The second kappa shape index (κ2) is 8.76. The molecule has 0 saturated carbocycles. The van der Waals surface area contributed by atoms with Gasteiger partial charge >= 0.3 is 0 Å². The SMILES string of the molecule is CCCn1nnnc1CN1CCN(Cc2nc(-c3ccc(Cl)cc3)no2)CC1. The highest BCUT2D eigenvalue weighted by molar-refractivity contribution is 6.30. The Bertz CT molecular complexity index is 885. The number of benzene rings is 1. The molecule has 148 valence electrons. The van der Waals surface area contributed by atoms with Crippen molar-refractivity contribution in [1.82, 2.24) is 40.1 Å². The van der Waals surface area contributed by atoms with E-state index in [-0.39, 0.29) is 0 Å². The van der Waals surface area contributed by atoms with Gasteiger partial charge in [0, 0.05) is 43.3 Å². The average Bonchev–Trinajstić information content (AvgIpc) is 3.34. The molecule has 0 spiro atoms. The van der Waals surface area contributed by atoms with Crippen LogP contribution in [0.1, 0.15) is 25.1 Å². The molecule has 4 rings (SSSR count). The van der Waals surface area contributed by atoms with E-state index in [2.05, 4.69) is 42.4 Å². The molecular weight excluding hydrogens is 380 g/mol. The van der Waals surface area contributed by atoms with Crippen molar-refractivity contribution >= 4 is 11.6 Å². The molecule has 3 aromatic rings. The minimum absolute atomic E-state index is 0.591. The first-order valence-corrected chi connectivity index (χ1v) is 9.87. The van der Waals surface area contributed by atoms with Crippen molar-refractivity contribution in [3.63, 3.8) is 0 Å². The van der Waals surface area contributed by atoms with E-state index in [9.17, 15) is 0 Å². The van der Waals surface area contributed by atoms with Crippen molar-refractivity contribution in [3.8, 4) is 11.4 Å². The zero-order valence-electron chi connectivity index (χ0n) is 15.8. The largest absolute Gasteiger partial charge is 0.338 e. The molecule has 0 amide bonds. The number of tetrazole rings is 1. The second-order valence-corrected chi connectivity index (χ2v) is 7.33. The highest BCUT2D eigenvalue weighted by Gasteiger charge is 2.21. The molecule has 0 aliphatic carbocycles. The standard InChI is InChI=1S/C18H23ClN8O/c1-2-7-27-16(21-23-24-27)12-25-8-10-26(11-9-25)13-17-20-18(22-28-17)14-3-5-15(19)6-4-14/h3-6H,2,7-13H2,1H3. The van der Waals surface area contributed by atoms with Crippen LogP contribution in [-0.2, 0) is 19.6 Å². The van der Waals surface area contributed by atoms with E-state index in [1.54, 1.807) is 0 Å². The summed E-state index contributed by atoms with van der Waals surface area (Å²) in [6.45, 7) is 8.20. The van der Waals surface area contributed by atoms with E-state index in [1.807, 2.05) is 28.9 Å². The van der Waals surface area contributed by atoms with Gasteiger partial charge in [-0.15, -0.1) is 5.10 Å². The maximum absolute atomic E-state index is 5.93. The molecule has 10 heteroatoms. The van der Waals surface area contributed by atoms with Crippen molar-refractivity contribution in [3.05, 3.63) is 41.0 Å². The molecule has 1 aliphatic rings. The van der Waals surface area contributed by atoms with Crippen molar-refractivity contribution in [2.45, 2.75) is 33.0 Å². The Morgan fingerprint density at radius 2 is 1.75 bits per heavy atom. The smallest absolute Gasteiger partial charge is 0.241 e. The van der Waals surface area contributed by atoms with Gasteiger partial charge in [-0.3, -0.25) is 9.80 Å². The van der Waals surface area contributed by atoms with Gasteiger partial charge in [-0.25, -0.2) is 4.68 Å². The molecular formula is C18H23ClN8O. The third kappa shape index (κ3) is 4.54. The van der Waals surface area contributed by atoms with Crippen molar-refractivity contribution < 1.29 is 4.52 Å². The van der Waals surface area contributed by atoms with Gasteiger partial charge in [-0.2, -0.15) is 4.98 Å². The minimum atomic E-state index is 0.591. The first kappa shape index (κ1) is 19.0. The highest BCUT2D eigenvalue weighted by atomic mass is 35.5. The fourth-order valence-corrected chi connectivity index (χ4v) is 3.38. The maximum Gasteiger partial charge on any atom is 0.241 e. The van der Waals surface area contributed by atoms with E-state index in [4.69, 9.17) is 16.1 Å². The lowest BCUT2D eigenvalue weighted by atomic mass is 10.2. The van der Waals surface area contributed by atoms with Crippen LogP contribution in [0, 0.1) is 0 Å².